The molecule has 2 heterocycles. The maximum atomic E-state index is 12.8. The molecule has 1 unspecified atom stereocenters. The largest absolute Gasteiger partial charge is 0.494 e. The first kappa shape index (κ1) is 26.5. The maximum Gasteiger partial charge on any atom is 0.331 e. The van der Waals surface area contributed by atoms with Gasteiger partial charge in [0.1, 0.15) is 11.9 Å². The first-order chi connectivity index (χ1) is 16.4. The monoisotopic (exact) mass is 472 g/mol. The lowest BCUT2D eigenvalue weighted by molar-refractivity contribution is -0.155. The number of carbonyl (C=O) groups is 1. The molecular weight excluding hydrogens is 432 g/mol. The number of allylic oxidation sites excluding steroid dienone is 1. The van der Waals surface area contributed by atoms with Gasteiger partial charge in [-0.3, -0.25) is 0 Å². The molecule has 2 fully saturated rings. The fourth-order valence-electron chi connectivity index (χ4n) is 4.76. The van der Waals surface area contributed by atoms with Gasteiger partial charge in [-0.05, 0) is 77.2 Å². The van der Waals surface area contributed by atoms with Gasteiger partial charge in [0.05, 0.1) is 24.4 Å². The van der Waals surface area contributed by atoms with Crippen molar-refractivity contribution in [2.45, 2.75) is 77.3 Å². The van der Waals surface area contributed by atoms with Crippen LogP contribution in [0.4, 0.5) is 0 Å². The van der Waals surface area contributed by atoms with E-state index in [1.165, 1.54) is 11.6 Å². The summed E-state index contributed by atoms with van der Waals surface area (Å²) < 4.78 is 29.4. The third kappa shape index (κ3) is 7.17. The fraction of sp³-hybridized carbons (Fsp3) is 0.607. The molecule has 0 saturated carbocycles. The van der Waals surface area contributed by atoms with Gasteiger partial charge in [-0.15, -0.1) is 0 Å². The molecule has 0 bridgehead atoms. The number of benzene rings is 1. The number of rotatable bonds is 9. The van der Waals surface area contributed by atoms with Crippen molar-refractivity contribution in [3.05, 3.63) is 47.6 Å². The highest BCUT2D eigenvalue weighted by atomic mass is 16.6. The summed E-state index contributed by atoms with van der Waals surface area (Å²) >= 11 is 0. The SMILES string of the molecule is CCOc1ccc(/C=C/C(=O)O[C@@H]2CCCOCC[C@@H](C3(C)O[C@H]3CC=C(C)C)[C@@H]2OC)cc1. The fourth-order valence-corrected chi connectivity index (χ4v) is 4.76. The summed E-state index contributed by atoms with van der Waals surface area (Å²) in [4.78, 5) is 12.8. The number of esters is 1. The van der Waals surface area contributed by atoms with Gasteiger partial charge in [0.2, 0.25) is 0 Å². The van der Waals surface area contributed by atoms with Crippen LogP contribution in [-0.4, -0.2) is 56.8 Å². The lowest BCUT2D eigenvalue weighted by atomic mass is 9.80. The predicted octanol–water partition coefficient (Wildman–Crippen LogP) is 5.36. The molecule has 2 aliphatic heterocycles. The minimum absolute atomic E-state index is 0.0686. The van der Waals surface area contributed by atoms with Crippen molar-refractivity contribution in [3.63, 3.8) is 0 Å². The van der Waals surface area contributed by atoms with Gasteiger partial charge in [0.15, 0.2) is 0 Å². The van der Waals surface area contributed by atoms with Crippen molar-refractivity contribution >= 4 is 12.0 Å². The second kappa shape index (κ2) is 12.5. The molecule has 2 saturated heterocycles. The quantitative estimate of drug-likeness (QED) is 0.209. The van der Waals surface area contributed by atoms with Gasteiger partial charge in [-0.2, -0.15) is 0 Å². The van der Waals surface area contributed by atoms with E-state index in [9.17, 15) is 4.79 Å². The van der Waals surface area contributed by atoms with Crippen LogP contribution in [0.15, 0.2) is 42.0 Å². The Labute approximate surface area is 204 Å². The number of carbonyl (C=O) groups excluding carboxylic acids is 1. The average molecular weight is 473 g/mol. The molecule has 1 aromatic carbocycles. The summed E-state index contributed by atoms with van der Waals surface area (Å²) in [6.07, 6.45) is 8.15. The van der Waals surface area contributed by atoms with Crippen LogP contribution >= 0.6 is 0 Å². The number of hydrogen-bond acceptors (Lipinski definition) is 6. The lowest BCUT2D eigenvalue weighted by Crippen LogP contribution is -2.45. The average Bonchev–Trinajstić information content (AvgIpc) is 3.46. The second-order valence-corrected chi connectivity index (χ2v) is 9.47. The molecule has 6 nitrogen and oxygen atoms in total. The topological polar surface area (TPSA) is 66.5 Å². The normalized spacial score (nSPS) is 29.6. The van der Waals surface area contributed by atoms with E-state index in [0.29, 0.717) is 26.2 Å². The molecule has 0 aliphatic carbocycles. The number of methoxy groups -OCH3 is 1. The van der Waals surface area contributed by atoms with Crippen LogP contribution in [0.3, 0.4) is 0 Å². The van der Waals surface area contributed by atoms with Gasteiger partial charge in [0.25, 0.3) is 0 Å². The van der Waals surface area contributed by atoms with Crippen molar-refractivity contribution < 1.29 is 28.5 Å². The zero-order valence-electron chi connectivity index (χ0n) is 21.3. The van der Waals surface area contributed by atoms with E-state index < -0.39 is 0 Å². The van der Waals surface area contributed by atoms with Crippen LogP contribution < -0.4 is 4.74 Å². The van der Waals surface area contributed by atoms with E-state index in [1.807, 2.05) is 31.2 Å². The highest BCUT2D eigenvalue weighted by molar-refractivity contribution is 5.87. The molecule has 2 aliphatic rings. The number of hydrogen-bond donors (Lipinski definition) is 0. The molecule has 1 aromatic rings. The summed E-state index contributed by atoms with van der Waals surface area (Å²) in [7, 11) is 1.70. The zero-order chi connectivity index (χ0) is 24.6. The van der Waals surface area contributed by atoms with E-state index in [0.717, 1.165) is 30.6 Å². The van der Waals surface area contributed by atoms with Gasteiger partial charge in [-0.25, -0.2) is 4.79 Å². The molecule has 0 aromatic heterocycles. The van der Waals surface area contributed by atoms with E-state index in [1.54, 1.807) is 13.2 Å². The molecule has 0 spiro atoms. The maximum absolute atomic E-state index is 12.8. The van der Waals surface area contributed by atoms with Crippen molar-refractivity contribution in [3.8, 4) is 5.75 Å². The van der Waals surface area contributed by atoms with Crippen LogP contribution in [0.25, 0.3) is 6.08 Å². The third-order valence-electron chi connectivity index (χ3n) is 6.71. The number of ether oxygens (including phenoxy) is 5. The van der Waals surface area contributed by atoms with Crippen LogP contribution in [-0.2, 0) is 23.7 Å². The molecule has 6 heteroatoms. The van der Waals surface area contributed by atoms with E-state index >= 15 is 0 Å². The second-order valence-electron chi connectivity index (χ2n) is 9.47. The Hall–Kier alpha value is -2.15. The Morgan fingerprint density at radius 1 is 1.18 bits per heavy atom. The van der Waals surface area contributed by atoms with Crippen molar-refractivity contribution in [2.24, 2.45) is 5.92 Å². The van der Waals surface area contributed by atoms with Crippen LogP contribution in [0.1, 0.15) is 58.9 Å². The standard InChI is InChI=1S/C28H40O6/c1-6-32-22-13-10-21(11-14-22)12-16-26(29)33-24-8-7-18-31-19-17-23(27(24)30-5)28(4)25(34-28)15-9-20(2)3/h9-14,16,23-25,27H,6-8,15,17-19H2,1-5H3/b16-12+/t23-,24-,25+,27+,28?/m1/s1. The smallest absolute Gasteiger partial charge is 0.331 e. The third-order valence-corrected chi connectivity index (χ3v) is 6.71. The Bertz CT molecular complexity index is 841. The molecule has 0 radical (unpaired) electrons. The summed E-state index contributed by atoms with van der Waals surface area (Å²) in [5.41, 5.74) is 1.87. The highest BCUT2D eigenvalue weighted by Gasteiger charge is 2.59. The first-order valence-electron chi connectivity index (χ1n) is 12.4. The highest BCUT2D eigenvalue weighted by Crippen LogP contribution is 2.49. The first-order valence-corrected chi connectivity index (χ1v) is 12.4. The zero-order valence-corrected chi connectivity index (χ0v) is 21.3. The Balaban J connectivity index is 1.69. The minimum atomic E-state index is -0.372. The van der Waals surface area contributed by atoms with Crippen LogP contribution in [0.2, 0.25) is 0 Å². The molecule has 0 amide bonds. The van der Waals surface area contributed by atoms with Crippen molar-refractivity contribution in [1.29, 1.82) is 0 Å². The number of epoxide rings is 1. The van der Waals surface area contributed by atoms with Crippen LogP contribution in [0.5, 0.6) is 5.75 Å². The molecule has 3 rings (SSSR count). The van der Waals surface area contributed by atoms with Gasteiger partial charge in [0, 0.05) is 32.3 Å². The van der Waals surface area contributed by atoms with Gasteiger partial charge >= 0.3 is 5.97 Å². The van der Waals surface area contributed by atoms with E-state index in [4.69, 9.17) is 23.7 Å². The molecule has 34 heavy (non-hydrogen) atoms. The van der Waals surface area contributed by atoms with E-state index in [2.05, 4.69) is 26.8 Å². The Kier molecular flexibility index (Phi) is 9.74. The molecular formula is C28H40O6. The summed E-state index contributed by atoms with van der Waals surface area (Å²) in [5.74, 6) is 0.504. The molecule has 188 valence electrons. The van der Waals surface area contributed by atoms with Crippen LogP contribution in [0, 0.1) is 5.92 Å². The Morgan fingerprint density at radius 3 is 2.62 bits per heavy atom. The van der Waals surface area contributed by atoms with Crippen molar-refractivity contribution in [2.75, 3.05) is 26.9 Å². The Morgan fingerprint density at radius 2 is 1.94 bits per heavy atom. The van der Waals surface area contributed by atoms with E-state index in [-0.39, 0.29) is 35.8 Å². The molecule has 0 N–H and O–H groups in total. The van der Waals surface area contributed by atoms with Crippen molar-refractivity contribution in [1.82, 2.24) is 0 Å². The minimum Gasteiger partial charge on any atom is -0.494 e. The van der Waals surface area contributed by atoms with Gasteiger partial charge < -0.3 is 23.7 Å². The predicted molar refractivity (Wildman–Crippen MR) is 133 cm³/mol. The molecule has 5 atom stereocenters. The summed E-state index contributed by atoms with van der Waals surface area (Å²) in [6, 6.07) is 7.61. The van der Waals surface area contributed by atoms with Gasteiger partial charge in [-0.1, -0.05) is 23.8 Å². The lowest BCUT2D eigenvalue weighted by Gasteiger charge is -2.34. The summed E-state index contributed by atoms with van der Waals surface area (Å²) in [5, 5.41) is 0. The summed E-state index contributed by atoms with van der Waals surface area (Å²) in [6.45, 7) is 10.2.